The van der Waals surface area contributed by atoms with Crippen molar-refractivity contribution in [3.05, 3.63) is 0 Å². The van der Waals surface area contributed by atoms with E-state index >= 15 is 0 Å². The summed E-state index contributed by atoms with van der Waals surface area (Å²) in [5.41, 5.74) is -1.38. The second-order valence-corrected chi connectivity index (χ2v) is 3.39. The monoisotopic (exact) mass is 158 g/mol. The lowest BCUT2D eigenvalue weighted by atomic mass is 10.2. The minimum absolute atomic E-state index is 0.322. The Morgan fingerprint density at radius 2 is 2.27 bits per heavy atom. The van der Waals surface area contributed by atoms with E-state index in [0.717, 1.165) is 0 Å². The molecule has 3 heteroatoms. The number of rotatable bonds is 2. The maximum absolute atomic E-state index is 10.6. The van der Waals surface area contributed by atoms with Crippen molar-refractivity contribution in [1.82, 2.24) is 0 Å². The van der Waals surface area contributed by atoms with E-state index in [4.69, 9.17) is 4.74 Å². The molecule has 0 saturated heterocycles. The molecular formula is C8H14O3. The Balaban J connectivity index is 2.55. The third kappa shape index (κ3) is 1.25. The summed E-state index contributed by atoms with van der Waals surface area (Å²) in [7, 11) is 0. The first kappa shape index (κ1) is 8.53. The third-order valence-electron chi connectivity index (χ3n) is 2.44. The third-order valence-corrected chi connectivity index (χ3v) is 2.44. The van der Waals surface area contributed by atoms with Gasteiger partial charge < -0.3 is 9.84 Å². The quantitative estimate of drug-likeness (QED) is 0.606. The van der Waals surface area contributed by atoms with Crippen LogP contribution in [0.2, 0.25) is 0 Å². The standard InChI is InChI=1S/C8H14O3/c1-4-8(10)5-7(8,3)11-6(2)9/h10H,4-5H2,1-3H3. The van der Waals surface area contributed by atoms with Crippen LogP contribution in [0.1, 0.15) is 33.6 Å². The van der Waals surface area contributed by atoms with Crippen molar-refractivity contribution in [1.29, 1.82) is 0 Å². The normalized spacial score (nSPS) is 41.8. The zero-order chi connectivity index (χ0) is 8.70. The summed E-state index contributed by atoms with van der Waals surface area (Å²) in [6, 6.07) is 0. The second kappa shape index (κ2) is 2.21. The summed E-state index contributed by atoms with van der Waals surface area (Å²) >= 11 is 0. The van der Waals surface area contributed by atoms with Crippen LogP contribution in [0.15, 0.2) is 0 Å². The number of esters is 1. The number of hydrogen-bond donors (Lipinski definition) is 1. The van der Waals surface area contributed by atoms with Gasteiger partial charge >= 0.3 is 5.97 Å². The molecule has 1 aliphatic carbocycles. The molecule has 0 aromatic carbocycles. The van der Waals surface area contributed by atoms with E-state index in [-0.39, 0.29) is 5.97 Å². The van der Waals surface area contributed by atoms with Crippen LogP contribution in [0.5, 0.6) is 0 Å². The first-order valence-corrected chi connectivity index (χ1v) is 3.85. The maximum atomic E-state index is 10.6. The fourth-order valence-electron chi connectivity index (χ4n) is 1.46. The summed E-state index contributed by atoms with van der Waals surface area (Å²) < 4.78 is 4.97. The number of carbonyl (C=O) groups is 1. The van der Waals surface area contributed by atoms with Gasteiger partial charge in [0.2, 0.25) is 0 Å². The highest BCUT2D eigenvalue weighted by atomic mass is 16.6. The molecule has 0 aromatic heterocycles. The predicted octanol–water partition coefficient (Wildman–Crippen LogP) is 0.853. The highest BCUT2D eigenvalue weighted by Gasteiger charge is 2.65. The number of ether oxygens (including phenoxy) is 1. The predicted molar refractivity (Wildman–Crippen MR) is 40.0 cm³/mol. The molecule has 0 aromatic rings. The average Bonchev–Trinajstić information content (AvgIpc) is 2.34. The van der Waals surface area contributed by atoms with Crippen molar-refractivity contribution in [3.63, 3.8) is 0 Å². The van der Waals surface area contributed by atoms with Crippen LogP contribution in [0.25, 0.3) is 0 Å². The SMILES string of the molecule is CCC1(O)CC1(C)OC(C)=O. The fraction of sp³-hybridized carbons (Fsp3) is 0.875. The minimum Gasteiger partial charge on any atom is -0.456 e. The minimum atomic E-state index is -0.765. The zero-order valence-electron chi connectivity index (χ0n) is 7.18. The molecule has 64 valence electrons. The molecule has 1 rings (SSSR count). The van der Waals surface area contributed by atoms with Crippen LogP contribution in [-0.2, 0) is 9.53 Å². The molecular weight excluding hydrogens is 144 g/mol. The summed E-state index contributed by atoms with van der Waals surface area (Å²) in [6.07, 6.45) is 1.20. The van der Waals surface area contributed by atoms with Gasteiger partial charge in [-0.15, -0.1) is 0 Å². The molecule has 0 amide bonds. The van der Waals surface area contributed by atoms with E-state index in [2.05, 4.69) is 0 Å². The number of carbonyl (C=O) groups excluding carboxylic acids is 1. The van der Waals surface area contributed by atoms with Crippen molar-refractivity contribution in [2.75, 3.05) is 0 Å². The number of hydrogen-bond acceptors (Lipinski definition) is 3. The van der Waals surface area contributed by atoms with Gasteiger partial charge in [0.15, 0.2) is 0 Å². The lowest BCUT2D eigenvalue weighted by molar-refractivity contribution is -0.152. The van der Waals surface area contributed by atoms with E-state index in [9.17, 15) is 9.90 Å². The molecule has 2 unspecified atom stereocenters. The van der Waals surface area contributed by atoms with E-state index < -0.39 is 11.2 Å². The Morgan fingerprint density at radius 3 is 2.55 bits per heavy atom. The Hall–Kier alpha value is -0.570. The lowest BCUT2D eigenvalue weighted by Crippen LogP contribution is -2.26. The van der Waals surface area contributed by atoms with Crippen molar-refractivity contribution < 1.29 is 14.6 Å². The summed E-state index contributed by atoms with van der Waals surface area (Å²) in [5.74, 6) is -0.322. The first-order valence-electron chi connectivity index (χ1n) is 3.85. The highest BCUT2D eigenvalue weighted by Crippen LogP contribution is 2.52. The molecule has 0 aliphatic heterocycles. The molecule has 1 aliphatic rings. The largest absolute Gasteiger partial charge is 0.456 e. The fourth-order valence-corrected chi connectivity index (χ4v) is 1.46. The molecule has 0 bridgehead atoms. The molecule has 1 N–H and O–H groups in total. The van der Waals surface area contributed by atoms with Crippen molar-refractivity contribution in [3.8, 4) is 0 Å². The molecule has 0 radical (unpaired) electrons. The van der Waals surface area contributed by atoms with Crippen LogP contribution in [0.3, 0.4) is 0 Å². The van der Waals surface area contributed by atoms with Crippen molar-refractivity contribution in [2.24, 2.45) is 0 Å². The highest BCUT2D eigenvalue weighted by molar-refractivity contribution is 5.67. The van der Waals surface area contributed by atoms with Crippen LogP contribution in [0, 0.1) is 0 Å². The molecule has 2 atom stereocenters. The van der Waals surface area contributed by atoms with Gasteiger partial charge in [0, 0.05) is 13.3 Å². The maximum Gasteiger partial charge on any atom is 0.303 e. The Morgan fingerprint density at radius 1 is 1.73 bits per heavy atom. The van der Waals surface area contributed by atoms with E-state index in [0.29, 0.717) is 12.8 Å². The van der Waals surface area contributed by atoms with Gasteiger partial charge in [-0.1, -0.05) is 6.92 Å². The topological polar surface area (TPSA) is 46.5 Å². The second-order valence-electron chi connectivity index (χ2n) is 3.39. The van der Waals surface area contributed by atoms with Crippen LogP contribution in [0.4, 0.5) is 0 Å². The van der Waals surface area contributed by atoms with E-state index in [1.54, 1.807) is 6.92 Å². The molecule has 1 fully saturated rings. The van der Waals surface area contributed by atoms with Crippen molar-refractivity contribution >= 4 is 5.97 Å². The van der Waals surface area contributed by atoms with Gasteiger partial charge in [-0.05, 0) is 13.3 Å². The molecule has 11 heavy (non-hydrogen) atoms. The first-order chi connectivity index (χ1) is 4.93. The summed E-state index contributed by atoms with van der Waals surface area (Å²) in [4.78, 5) is 10.6. The van der Waals surface area contributed by atoms with Crippen LogP contribution < -0.4 is 0 Å². The van der Waals surface area contributed by atoms with Gasteiger partial charge in [0.25, 0.3) is 0 Å². The van der Waals surface area contributed by atoms with Crippen LogP contribution >= 0.6 is 0 Å². The Labute approximate surface area is 66.4 Å². The van der Waals surface area contributed by atoms with Gasteiger partial charge in [0.1, 0.15) is 11.2 Å². The zero-order valence-corrected chi connectivity index (χ0v) is 7.18. The summed E-state index contributed by atoms with van der Waals surface area (Å²) in [5, 5.41) is 9.63. The average molecular weight is 158 g/mol. The van der Waals surface area contributed by atoms with E-state index in [1.807, 2.05) is 6.92 Å². The summed E-state index contributed by atoms with van der Waals surface area (Å²) in [6.45, 7) is 5.01. The van der Waals surface area contributed by atoms with Gasteiger partial charge in [-0.3, -0.25) is 4.79 Å². The van der Waals surface area contributed by atoms with Crippen LogP contribution in [-0.4, -0.2) is 22.3 Å². The van der Waals surface area contributed by atoms with Gasteiger partial charge in [-0.2, -0.15) is 0 Å². The molecule has 0 spiro atoms. The Bertz CT molecular complexity index is 190. The van der Waals surface area contributed by atoms with E-state index in [1.165, 1.54) is 6.92 Å². The number of aliphatic hydroxyl groups is 1. The smallest absolute Gasteiger partial charge is 0.303 e. The molecule has 1 saturated carbocycles. The van der Waals surface area contributed by atoms with Gasteiger partial charge in [0.05, 0.1) is 0 Å². The molecule has 0 heterocycles. The Kier molecular flexibility index (Phi) is 1.71. The van der Waals surface area contributed by atoms with Crippen molar-refractivity contribution in [2.45, 2.75) is 44.8 Å². The molecule has 3 nitrogen and oxygen atoms in total. The van der Waals surface area contributed by atoms with Gasteiger partial charge in [-0.25, -0.2) is 0 Å². The lowest BCUT2D eigenvalue weighted by Gasteiger charge is -2.15.